The molecule has 0 saturated carbocycles. The number of nitrogens with zero attached hydrogens (tertiary/aromatic N) is 2. The van der Waals surface area contributed by atoms with Crippen molar-refractivity contribution in [1.82, 2.24) is 9.97 Å². The number of aryl methyl sites for hydroxylation is 1. The zero-order valence-electron chi connectivity index (χ0n) is 13.6. The van der Waals surface area contributed by atoms with Crippen LogP contribution in [0, 0.1) is 6.92 Å². The number of primary amides is 1. The van der Waals surface area contributed by atoms with Gasteiger partial charge < -0.3 is 5.73 Å². The smallest absolute Gasteiger partial charge is 0.369 e. The fourth-order valence-electron chi connectivity index (χ4n) is 2.43. The number of aromatic nitrogens is 2. The number of alkyl halides is 3. The molecule has 1 unspecified atom stereocenters. The number of amides is 1. The van der Waals surface area contributed by atoms with Crippen LogP contribution < -0.4 is 5.73 Å². The van der Waals surface area contributed by atoms with Gasteiger partial charge in [0.15, 0.2) is 0 Å². The van der Waals surface area contributed by atoms with E-state index in [2.05, 4.69) is 9.97 Å². The summed E-state index contributed by atoms with van der Waals surface area (Å²) in [7, 11) is 0. The molecule has 4 nitrogen and oxygen atoms in total. The highest BCUT2D eigenvalue weighted by atomic mass is 32.2. The van der Waals surface area contributed by atoms with E-state index in [1.165, 1.54) is 41.6 Å². The lowest BCUT2D eigenvalue weighted by Crippen LogP contribution is -2.27. The van der Waals surface area contributed by atoms with E-state index in [1.54, 1.807) is 0 Å². The third kappa shape index (κ3) is 4.16. The minimum absolute atomic E-state index is 0.215. The molecule has 0 radical (unpaired) electrons. The SMILES string of the molecule is Cc1cc2c(SC(Cc3ccc(C(F)(F)F)cc3)C(N)=O)ncnc2s1. The van der Waals surface area contributed by atoms with Crippen LogP contribution in [0.15, 0.2) is 41.7 Å². The second-order valence-corrected chi connectivity index (χ2v) is 8.09. The van der Waals surface area contributed by atoms with Gasteiger partial charge in [-0.25, -0.2) is 9.97 Å². The molecule has 0 fully saturated rings. The van der Waals surface area contributed by atoms with E-state index in [4.69, 9.17) is 5.73 Å². The number of fused-ring (bicyclic) bond motifs is 1. The van der Waals surface area contributed by atoms with Crippen LogP contribution in [0.3, 0.4) is 0 Å². The summed E-state index contributed by atoms with van der Waals surface area (Å²) in [6, 6.07) is 6.68. The molecule has 0 saturated heterocycles. The predicted octanol–water partition coefficient (Wildman–Crippen LogP) is 4.21. The summed E-state index contributed by atoms with van der Waals surface area (Å²) in [6.45, 7) is 1.95. The number of benzene rings is 1. The molecular weight excluding hydrogens is 383 g/mol. The number of hydrogen-bond donors (Lipinski definition) is 1. The highest BCUT2D eigenvalue weighted by molar-refractivity contribution is 8.00. The lowest BCUT2D eigenvalue weighted by Gasteiger charge is -2.14. The van der Waals surface area contributed by atoms with Crippen LogP contribution >= 0.6 is 23.1 Å². The van der Waals surface area contributed by atoms with Crippen molar-refractivity contribution >= 4 is 39.2 Å². The number of hydrogen-bond acceptors (Lipinski definition) is 5. The molecule has 0 aliphatic rings. The van der Waals surface area contributed by atoms with E-state index < -0.39 is 22.9 Å². The van der Waals surface area contributed by atoms with Gasteiger partial charge >= 0.3 is 6.18 Å². The van der Waals surface area contributed by atoms with Gasteiger partial charge in [0, 0.05) is 10.3 Å². The molecule has 1 aromatic carbocycles. The van der Waals surface area contributed by atoms with E-state index in [9.17, 15) is 18.0 Å². The van der Waals surface area contributed by atoms with E-state index in [0.717, 1.165) is 27.2 Å². The molecule has 0 aliphatic carbocycles. The van der Waals surface area contributed by atoms with Gasteiger partial charge in [0.2, 0.25) is 5.91 Å². The molecule has 3 rings (SSSR count). The van der Waals surface area contributed by atoms with E-state index in [-0.39, 0.29) is 6.42 Å². The van der Waals surface area contributed by atoms with Crippen LogP contribution in [0.5, 0.6) is 0 Å². The quantitative estimate of drug-likeness (QED) is 0.517. The van der Waals surface area contributed by atoms with Crippen LogP contribution in [-0.4, -0.2) is 21.1 Å². The van der Waals surface area contributed by atoms with Crippen LogP contribution in [0.1, 0.15) is 16.0 Å². The lowest BCUT2D eigenvalue weighted by atomic mass is 10.1. The first-order chi connectivity index (χ1) is 12.2. The summed E-state index contributed by atoms with van der Waals surface area (Å²) < 4.78 is 38.0. The van der Waals surface area contributed by atoms with Gasteiger partial charge in [-0.15, -0.1) is 11.3 Å². The van der Waals surface area contributed by atoms with Gasteiger partial charge in [-0.3, -0.25) is 4.79 Å². The zero-order valence-corrected chi connectivity index (χ0v) is 15.2. The second kappa shape index (κ2) is 7.24. The first-order valence-corrected chi connectivity index (χ1v) is 9.27. The van der Waals surface area contributed by atoms with Crippen LogP contribution in [-0.2, 0) is 17.4 Å². The van der Waals surface area contributed by atoms with Crippen LogP contribution in [0.2, 0.25) is 0 Å². The summed E-state index contributed by atoms with van der Waals surface area (Å²) >= 11 is 2.73. The van der Waals surface area contributed by atoms with Crippen molar-refractivity contribution < 1.29 is 18.0 Å². The average Bonchev–Trinajstić information content (AvgIpc) is 2.95. The summed E-state index contributed by atoms with van der Waals surface area (Å²) in [4.78, 5) is 22.2. The number of halogens is 3. The van der Waals surface area contributed by atoms with Crippen LogP contribution in [0.4, 0.5) is 13.2 Å². The van der Waals surface area contributed by atoms with Crippen LogP contribution in [0.25, 0.3) is 10.2 Å². The monoisotopic (exact) mass is 397 g/mol. The highest BCUT2D eigenvalue weighted by Crippen LogP contribution is 2.34. The molecule has 1 atom stereocenters. The zero-order chi connectivity index (χ0) is 18.9. The molecule has 0 spiro atoms. The molecule has 2 aromatic heterocycles. The third-order valence-corrected chi connectivity index (χ3v) is 5.88. The Hall–Kier alpha value is -2.13. The Labute approximate surface area is 155 Å². The van der Waals surface area contributed by atoms with Crippen molar-refractivity contribution in [2.75, 3.05) is 0 Å². The van der Waals surface area contributed by atoms with Crippen molar-refractivity contribution in [3.8, 4) is 0 Å². The maximum Gasteiger partial charge on any atom is 0.416 e. The van der Waals surface area contributed by atoms with Crippen molar-refractivity contribution in [3.63, 3.8) is 0 Å². The standard InChI is InChI=1S/C17H14F3N3OS2/c1-9-6-12-15(25-9)22-8-23-16(12)26-13(14(21)24)7-10-2-4-11(5-3-10)17(18,19)20/h2-6,8,13H,7H2,1H3,(H2,21,24). The van der Waals surface area contributed by atoms with Gasteiger partial charge in [0.25, 0.3) is 0 Å². The van der Waals surface area contributed by atoms with E-state index in [1.807, 2.05) is 13.0 Å². The molecule has 26 heavy (non-hydrogen) atoms. The fraction of sp³-hybridized carbons (Fsp3) is 0.235. The van der Waals surface area contributed by atoms with Crippen molar-refractivity contribution in [2.24, 2.45) is 5.73 Å². The highest BCUT2D eigenvalue weighted by Gasteiger charge is 2.30. The van der Waals surface area contributed by atoms with Gasteiger partial charge in [-0.2, -0.15) is 13.2 Å². The molecule has 2 heterocycles. The minimum atomic E-state index is -4.39. The lowest BCUT2D eigenvalue weighted by molar-refractivity contribution is -0.137. The van der Waals surface area contributed by atoms with Gasteiger partial charge in [-0.1, -0.05) is 23.9 Å². The van der Waals surface area contributed by atoms with Crippen molar-refractivity contribution in [2.45, 2.75) is 29.8 Å². The predicted molar refractivity (Wildman–Crippen MR) is 96.1 cm³/mol. The number of nitrogens with two attached hydrogens (primary N) is 1. The first kappa shape index (κ1) is 18.7. The van der Waals surface area contributed by atoms with Crippen molar-refractivity contribution in [1.29, 1.82) is 0 Å². The Bertz CT molecular complexity index is 939. The summed E-state index contributed by atoms with van der Waals surface area (Å²) in [6.07, 6.45) is -2.75. The Balaban J connectivity index is 1.82. The van der Waals surface area contributed by atoms with E-state index in [0.29, 0.717) is 10.6 Å². The fourth-order valence-corrected chi connectivity index (χ4v) is 4.39. The number of thiophene rings is 1. The number of carbonyl (C=O) groups is 1. The third-order valence-electron chi connectivity index (χ3n) is 3.69. The van der Waals surface area contributed by atoms with Crippen molar-refractivity contribution in [3.05, 3.63) is 52.7 Å². The topological polar surface area (TPSA) is 68.9 Å². The maximum absolute atomic E-state index is 12.7. The molecule has 0 aliphatic heterocycles. The molecule has 0 bridgehead atoms. The minimum Gasteiger partial charge on any atom is -0.369 e. The molecule has 1 amide bonds. The summed E-state index contributed by atoms with van der Waals surface area (Å²) in [5.74, 6) is -0.548. The molecule has 9 heteroatoms. The Morgan fingerprint density at radius 3 is 2.58 bits per heavy atom. The Morgan fingerprint density at radius 1 is 1.27 bits per heavy atom. The molecular formula is C17H14F3N3OS2. The average molecular weight is 397 g/mol. The molecule has 2 N–H and O–H groups in total. The normalized spacial score (nSPS) is 13.1. The largest absolute Gasteiger partial charge is 0.416 e. The van der Waals surface area contributed by atoms with Gasteiger partial charge in [0.05, 0.1) is 10.8 Å². The second-order valence-electron chi connectivity index (χ2n) is 5.66. The van der Waals surface area contributed by atoms with Gasteiger partial charge in [-0.05, 0) is 37.1 Å². The number of carbonyl (C=O) groups excluding carboxylic acids is 1. The summed E-state index contributed by atoms with van der Waals surface area (Å²) in [5.41, 5.74) is 5.37. The number of rotatable bonds is 5. The molecule has 136 valence electrons. The summed E-state index contributed by atoms with van der Waals surface area (Å²) in [5, 5.41) is 0.832. The molecule has 3 aromatic rings. The Kier molecular flexibility index (Phi) is 5.19. The van der Waals surface area contributed by atoms with E-state index >= 15 is 0 Å². The number of thioether (sulfide) groups is 1. The maximum atomic E-state index is 12.7. The first-order valence-electron chi connectivity index (χ1n) is 7.57. The van der Waals surface area contributed by atoms with Gasteiger partial charge in [0.1, 0.15) is 16.2 Å². The Morgan fingerprint density at radius 2 is 1.96 bits per heavy atom.